The second kappa shape index (κ2) is 7.96. The molecule has 4 nitrogen and oxygen atoms in total. The maximum Gasteiger partial charge on any atom is 0.269 e. The third kappa shape index (κ3) is 4.86. The van der Waals surface area contributed by atoms with Gasteiger partial charge in [-0.1, -0.05) is 45.7 Å². The Hall–Kier alpha value is -1.85. The number of carbonyl (C=O) groups is 2. The molecule has 0 aromatic heterocycles. The minimum Gasteiger partial charge on any atom is -0.273 e. The number of aryl methyl sites for hydroxylation is 1. The maximum atomic E-state index is 11.8. The average Bonchev–Trinajstić information content (AvgIpc) is 2.52. The van der Waals surface area contributed by atoms with E-state index in [1.807, 2.05) is 24.3 Å². The molecule has 2 aromatic carbocycles. The van der Waals surface area contributed by atoms with Crippen LogP contribution in [0.5, 0.6) is 0 Å². The molecule has 2 N–H and O–H groups in total. The number of hydrogen-bond acceptors (Lipinski definition) is 2. The van der Waals surface area contributed by atoms with Gasteiger partial charge in [-0.25, -0.2) is 0 Å². The van der Waals surface area contributed by atoms with Gasteiger partial charge in [0.25, 0.3) is 5.91 Å². The molecular formula is C16H14BrClN2O2. The molecule has 2 rings (SSSR count). The first-order valence-corrected chi connectivity index (χ1v) is 7.81. The molecule has 2 aromatic rings. The zero-order valence-electron chi connectivity index (χ0n) is 11.6. The molecule has 0 spiro atoms. The minimum atomic E-state index is -0.383. The number of amides is 2. The van der Waals surface area contributed by atoms with Crippen LogP contribution in [0.2, 0.25) is 5.02 Å². The van der Waals surface area contributed by atoms with Crippen molar-refractivity contribution in [3.63, 3.8) is 0 Å². The second-order valence-electron chi connectivity index (χ2n) is 4.60. The van der Waals surface area contributed by atoms with Crippen LogP contribution >= 0.6 is 27.5 Å². The van der Waals surface area contributed by atoms with Gasteiger partial charge in [-0.15, -0.1) is 0 Å². The molecule has 0 aliphatic heterocycles. The smallest absolute Gasteiger partial charge is 0.269 e. The van der Waals surface area contributed by atoms with Crippen molar-refractivity contribution in [2.45, 2.75) is 12.8 Å². The van der Waals surface area contributed by atoms with Crippen molar-refractivity contribution in [1.82, 2.24) is 10.9 Å². The van der Waals surface area contributed by atoms with E-state index in [9.17, 15) is 9.59 Å². The van der Waals surface area contributed by atoms with E-state index in [0.29, 0.717) is 17.0 Å². The molecular weight excluding hydrogens is 368 g/mol. The van der Waals surface area contributed by atoms with Crippen LogP contribution in [-0.2, 0) is 11.2 Å². The topological polar surface area (TPSA) is 58.2 Å². The number of benzene rings is 2. The fraction of sp³-hybridized carbons (Fsp3) is 0.125. The first-order valence-electron chi connectivity index (χ1n) is 6.64. The number of hydrazine groups is 1. The summed E-state index contributed by atoms with van der Waals surface area (Å²) >= 11 is 9.18. The number of rotatable bonds is 4. The number of halogens is 2. The van der Waals surface area contributed by atoms with Gasteiger partial charge in [0.15, 0.2) is 0 Å². The summed E-state index contributed by atoms with van der Waals surface area (Å²) in [5.41, 5.74) is 6.24. The highest BCUT2D eigenvalue weighted by atomic mass is 79.9. The fourth-order valence-corrected chi connectivity index (χ4v) is 2.42. The van der Waals surface area contributed by atoms with E-state index in [1.165, 1.54) is 0 Å². The van der Waals surface area contributed by atoms with Crippen LogP contribution in [0.4, 0.5) is 0 Å². The molecule has 22 heavy (non-hydrogen) atoms. The van der Waals surface area contributed by atoms with E-state index >= 15 is 0 Å². The molecule has 0 atom stereocenters. The summed E-state index contributed by atoms with van der Waals surface area (Å²) in [6.45, 7) is 0. The van der Waals surface area contributed by atoms with E-state index in [2.05, 4.69) is 26.8 Å². The molecule has 0 fully saturated rings. The molecule has 6 heteroatoms. The van der Waals surface area contributed by atoms with Crippen LogP contribution in [0.3, 0.4) is 0 Å². The van der Waals surface area contributed by atoms with Crippen LogP contribution in [0.1, 0.15) is 22.3 Å². The average molecular weight is 382 g/mol. The van der Waals surface area contributed by atoms with Gasteiger partial charge in [0.05, 0.1) is 0 Å². The Morgan fingerprint density at radius 2 is 1.68 bits per heavy atom. The van der Waals surface area contributed by atoms with Crippen molar-refractivity contribution in [2.24, 2.45) is 0 Å². The summed E-state index contributed by atoms with van der Waals surface area (Å²) in [7, 11) is 0. The van der Waals surface area contributed by atoms with Crippen molar-refractivity contribution < 1.29 is 9.59 Å². The van der Waals surface area contributed by atoms with E-state index in [1.54, 1.807) is 24.3 Å². The quantitative estimate of drug-likeness (QED) is 0.797. The Kier molecular flexibility index (Phi) is 5.98. The minimum absolute atomic E-state index is 0.252. The van der Waals surface area contributed by atoms with Crippen molar-refractivity contribution in [3.8, 4) is 0 Å². The summed E-state index contributed by atoms with van der Waals surface area (Å²) in [5.74, 6) is -0.635. The van der Waals surface area contributed by atoms with Gasteiger partial charge >= 0.3 is 0 Å². The third-order valence-corrected chi connectivity index (χ3v) is 4.03. The van der Waals surface area contributed by atoms with Crippen LogP contribution in [0, 0.1) is 0 Å². The van der Waals surface area contributed by atoms with Crippen LogP contribution < -0.4 is 10.9 Å². The summed E-state index contributed by atoms with van der Waals surface area (Å²) in [5, 5.41) is 0.550. The third-order valence-electron chi connectivity index (χ3n) is 3.00. The SMILES string of the molecule is O=C(CCc1ccccc1Br)NNC(=O)c1ccc(Cl)cc1. The Labute approximate surface area is 142 Å². The van der Waals surface area contributed by atoms with Gasteiger partial charge in [0, 0.05) is 21.5 Å². The Morgan fingerprint density at radius 3 is 2.36 bits per heavy atom. The number of carbonyl (C=O) groups excluding carboxylic acids is 2. The van der Waals surface area contributed by atoms with Gasteiger partial charge in [-0.05, 0) is 42.3 Å². The lowest BCUT2D eigenvalue weighted by molar-refractivity contribution is -0.121. The zero-order chi connectivity index (χ0) is 15.9. The Morgan fingerprint density at radius 1 is 1.00 bits per heavy atom. The molecule has 0 aliphatic rings. The van der Waals surface area contributed by atoms with Gasteiger partial charge in [-0.2, -0.15) is 0 Å². The first-order chi connectivity index (χ1) is 10.6. The first kappa shape index (κ1) is 16.5. The van der Waals surface area contributed by atoms with Gasteiger partial charge in [-0.3, -0.25) is 20.4 Å². The molecule has 0 saturated carbocycles. The summed E-state index contributed by atoms with van der Waals surface area (Å²) in [6.07, 6.45) is 0.869. The molecule has 0 unspecified atom stereocenters. The highest BCUT2D eigenvalue weighted by Crippen LogP contribution is 2.17. The van der Waals surface area contributed by atoms with Crippen molar-refractivity contribution in [1.29, 1.82) is 0 Å². The molecule has 0 radical (unpaired) electrons. The standard InChI is InChI=1S/C16H14BrClN2O2/c17-14-4-2-1-3-11(14)7-10-15(21)19-20-16(22)12-5-8-13(18)9-6-12/h1-6,8-9H,7,10H2,(H,19,21)(H,20,22). The van der Waals surface area contributed by atoms with E-state index < -0.39 is 0 Å². The molecule has 0 bridgehead atoms. The van der Waals surface area contributed by atoms with Crippen LogP contribution in [0.25, 0.3) is 0 Å². The number of hydrogen-bond donors (Lipinski definition) is 2. The monoisotopic (exact) mass is 380 g/mol. The predicted molar refractivity (Wildman–Crippen MR) is 89.5 cm³/mol. The van der Waals surface area contributed by atoms with Crippen LogP contribution in [-0.4, -0.2) is 11.8 Å². The van der Waals surface area contributed by atoms with E-state index in [0.717, 1.165) is 10.0 Å². The molecule has 114 valence electrons. The molecule has 0 saturated heterocycles. The molecule has 2 amide bonds. The lowest BCUT2D eigenvalue weighted by atomic mass is 10.1. The van der Waals surface area contributed by atoms with Gasteiger partial charge in [0.2, 0.25) is 5.91 Å². The van der Waals surface area contributed by atoms with Gasteiger partial charge < -0.3 is 0 Å². The summed E-state index contributed by atoms with van der Waals surface area (Å²) in [6, 6.07) is 14.1. The fourth-order valence-electron chi connectivity index (χ4n) is 1.81. The lowest BCUT2D eigenvalue weighted by Crippen LogP contribution is -2.41. The normalized spacial score (nSPS) is 10.1. The molecule has 0 heterocycles. The largest absolute Gasteiger partial charge is 0.273 e. The maximum absolute atomic E-state index is 11.8. The van der Waals surface area contributed by atoms with Crippen molar-refractivity contribution in [3.05, 3.63) is 69.2 Å². The lowest BCUT2D eigenvalue weighted by Gasteiger charge is -2.08. The van der Waals surface area contributed by atoms with Crippen LogP contribution in [0.15, 0.2) is 53.0 Å². The zero-order valence-corrected chi connectivity index (χ0v) is 13.9. The highest BCUT2D eigenvalue weighted by molar-refractivity contribution is 9.10. The second-order valence-corrected chi connectivity index (χ2v) is 5.89. The van der Waals surface area contributed by atoms with E-state index in [-0.39, 0.29) is 18.2 Å². The Balaban J connectivity index is 1.79. The predicted octanol–water partition coefficient (Wildman–Crippen LogP) is 3.50. The van der Waals surface area contributed by atoms with E-state index in [4.69, 9.17) is 11.6 Å². The van der Waals surface area contributed by atoms with Crippen molar-refractivity contribution >= 4 is 39.3 Å². The summed E-state index contributed by atoms with van der Waals surface area (Å²) < 4.78 is 0.966. The number of nitrogens with one attached hydrogen (secondary N) is 2. The van der Waals surface area contributed by atoms with Gasteiger partial charge in [0.1, 0.15) is 0 Å². The molecule has 0 aliphatic carbocycles. The summed E-state index contributed by atoms with van der Waals surface area (Å²) in [4.78, 5) is 23.6. The highest BCUT2D eigenvalue weighted by Gasteiger charge is 2.08. The Bertz CT molecular complexity index is 674. The van der Waals surface area contributed by atoms with Crippen molar-refractivity contribution in [2.75, 3.05) is 0 Å².